The first-order valence-electron chi connectivity index (χ1n) is 38.4. The second-order valence-corrected chi connectivity index (χ2v) is 31.6. The zero-order valence-corrected chi connectivity index (χ0v) is 68.0. The van der Waals surface area contributed by atoms with Gasteiger partial charge in [-0.2, -0.15) is 0 Å². The standard InChI is InChI=1S/4C13H20.2C12H18.C11H16.C10H14/c1-10(2)11-6-8-12(9-7-11)13(3,4)5;1-10(2)9-12-5-7-13(8-6-12)11(3)4;1-5-11(4)13-8-6-12(7-9-13)10(2)3;1-4-5-6-12-7-9-13(10-8-12)11(2)3;1-9(2)11-5-7-12(8-6-11)10(3)4;1-4-5-11-6-8-12(9-7-11)10(2)3;1-4-10-5-7-11(8-6-10)9(2)3;1-8(2)10-6-4-9(3)5-7-10/h6-10H,1-5H3;5-8,10-11H,9H2,1-4H3;6-11H,5H2,1-4H3;7-11H,4-6H2,1-3H3;5-10H,1-4H3;6-10H,4-5H2,1-3H3;5-9H,4H2,1-3H3;4-8H,1-3H3. The van der Waals surface area contributed by atoms with Gasteiger partial charge in [0.05, 0.1) is 0 Å². The van der Waals surface area contributed by atoms with E-state index in [1.165, 1.54) is 134 Å². The number of hydrogen-bond acceptors (Lipinski definition) is 0. The zero-order chi connectivity index (χ0) is 73.4. The van der Waals surface area contributed by atoms with E-state index in [9.17, 15) is 0 Å². The molecule has 8 aromatic rings. The summed E-state index contributed by atoms with van der Waals surface area (Å²) in [5.74, 6) is 7.28. The summed E-state index contributed by atoms with van der Waals surface area (Å²) in [6, 6.07) is 71.6. The molecule has 0 saturated heterocycles. The van der Waals surface area contributed by atoms with Crippen LogP contribution in [-0.4, -0.2) is 0 Å². The molecule has 0 heteroatoms. The van der Waals surface area contributed by atoms with E-state index in [0.717, 1.165) is 12.3 Å². The first-order valence-corrected chi connectivity index (χ1v) is 38.4. The summed E-state index contributed by atoms with van der Waals surface area (Å²) in [5.41, 5.74) is 23.2. The molecule has 0 aliphatic carbocycles. The highest BCUT2D eigenvalue weighted by molar-refractivity contribution is 5.32. The molecule has 0 spiro atoms. The van der Waals surface area contributed by atoms with Gasteiger partial charge in [0.15, 0.2) is 0 Å². The third-order valence-electron chi connectivity index (χ3n) is 18.2. The maximum Gasteiger partial charge on any atom is -0.0132 e. The average Bonchev–Trinajstić information content (AvgIpc) is 0.960. The van der Waals surface area contributed by atoms with Crippen LogP contribution in [0.1, 0.15) is 368 Å². The van der Waals surface area contributed by atoms with Crippen LogP contribution in [0.15, 0.2) is 194 Å². The van der Waals surface area contributed by atoms with Crippen molar-refractivity contribution in [3.8, 4) is 0 Å². The van der Waals surface area contributed by atoms with Crippen molar-refractivity contribution in [3.63, 3.8) is 0 Å². The molecular weight excluding hydrogens is 1170 g/mol. The van der Waals surface area contributed by atoms with E-state index < -0.39 is 0 Å². The van der Waals surface area contributed by atoms with E-state index in [0.29, 0.717) is 59.2 Å². The van der Waals surface area contributed by atoms with Crippen LogP contribution in [0.5, 0.6) is 0 Å². The van der Waals surface area contributed by atoms with Crippen LogP contribution in [-0.2, 0) is 31.1 Å². The maximum atomic E-state index is 2.28. The van der Waals surface area contributed by atoms with Gasteiger partial charge in [0, 0.05) is 0 Å². The lowest BCUT2D eigenvalue weighted by Gasteiger charge is -2.19. The number of rotatable bonds is 19. The minimum atomic E-state index is 0.273. The monoisotopic (exact) mass is 1310 g/mol. The molecule has 0 N–H and O–H groups in total. The van der Waals surface area contributed by atoms with Gasteiger partial charge in [-0.3, -0.25) is 0 Å². The Hall–Kier alpha value is -6.24. The van der Waals surface area contributed by atoms with Crippen LogP contribution in [0.3, 0.4) is 0 Å². The summed E-state index contributed by atoms with van der Waals surface area (Å²) < 4.78 is 0. The molecule has 0 heterocycles. The Labute approximate surface area is 602 Å². The van der Waals surface area contributed by atoms with Crippen LogP contribution < -0.4 is 0 Å². The maximum absolute atomic E-state index is 2.28. The fraction of sp³-hybridized carbons (Fsp3) is 0.505. The van der Waals surface area contributed by atoms with Gasteiger partial charge in [0.25, 0.3) is 0 Å². The smallest absolute Gasteiger partial charge is 0.0132 e. The van der Waals surface area contributed by atoms with Crippen molar-refractivity contribution < 1.29 is 0 Å². The molecular formula is C97H146. The molecule has 8 aromatic carbocycles. The molecule has 0 bridgehead atoms. The summed E-state index contributed by atoms with van der Waals surface area (Å²) in [6.45, 7) is 64.6. The molecule has 0 amide bonds. The fourth-order valence-corrected chi connectivity index (χ4v) is 10.5. The van der Waals surface area contributed by atoms with Crippen LogP contribution in [0.2, 0.25) is 0 Å². The summed E-state index contributed by atoms with van der Waals surface area (Å²) >= 11 is 0. The Bertz CT molecular complexity index is 3120. The number of hydrogen-bond donors (Lipinski definition) is 0. The molecule has 0 aliphatic heterocycles. The van der Waals surface area contributed by atoms with E-state index in [4.69, 9.17) is 0 Å². The highest BCUT2D eigenvalue weighted by Gasteiger charge is 2.13. The topological polar surface area (TPSA) is 0 Å². The molecule has 0 fully saturated rings. The largest absolute Gasteiger partial charge is 0.0654 e. The van der Waals surface area contributed by atoms with Gasteiger partial charge in [-0.1, -0.05) is 406 Å². The first kappa shape index (κ1) is 88.8. The molecule has 534 valence electrons. The van der Waals surface area contributed by atoms with Crippen molar-refractivity contribution in [1.82, 2.24) is 0 Å². The Balaban J connectivity index is 0.000000555. The minimum absolute atomic E-state index is 0.273. The Kier molecular flexibility index (Phi) is 44.4. The van der Waals surface area contributed by atoms with Crippen molar-refractivity contribution in [2.45, 2.75) is 317 Å². The lowest BCUT2D eigenvalue weighted by molar-refractivity contribution is 0.589. The van der Waals surface area contributed by atoms with E-state index in [2.05, 4.69) is 395 Å². The lowest BCUT2D eigenvalue weighted by Crippen LogP contribution is -2.10. The average molecular weight is 1310 g/mol. The predicted molar refractivity (Wildman–Crippen MR) is 441 cm³/mol. The molecule has 1 unspecified atom stereocenters. The molecule has 0 radical (unpaired) electrons. The number of unbranched alkanes of at least 4 members (excludes halogenated alkanes) is 1. The summed E-state index contributed by atoms with van der Waals surface area (Å²) in [7, 11) is 0. The third-order valence-corrected chi connectivity index (χ3v) is 18.2. The molecule has 0 saturated carbocycles. The fourth-order valence-electron chi connectivity index (χ4n) is 10.5. The highest BCUT2D eigenvalue weighted by atomic mass is 14.2. The van der Waals surface area contributed by atoms with E-state index in [1.807, 2.05) is 0 Å². The van der Waals surface area contributed by atoms with Crippen LogP contribution >= 0.6 is 0 Å². The van der Waals surface area contributed by atoms with Gasteiger partial charge in [0.1, 0.15) is 0 Å². The van der Waals surface area contributed by atoms with Crippen molar-refractivity contribution in [2.24, 2.45) is 5.92 Å². The first-order chi connectivity index (χ1) is 45.7. The van der Waals surface area contributed by atoms with Gasteiger partial charge >= 0.3 is 0 Å². The summed E-state index contributed by atoms with van der Waals surface area (Å²) in [4.78, 5) is 0. The summed E-state index contributed by atoms with van der Waals surface area (Å²) in [6.07, 6.45) is 9.82. The number of aryl methyl sites for hydroxylation is 4. The molecule has 0 nitrogen and oxygen atoms in total. The zero-order valence-electron chi connectivity index (χ0n) is 68.0. The summed E-state index contributed by atoms with van der Waals surface area (Å²) in [5, 5.41) is 0. The third kappa shape index (κ3) is 38.1. The van der Waals surface area contributed by atoms with Crippen molar-refractivity contribution in [3.05, 3.63) is 283 Å². The highest BCUT2D eigenvalue weighted by Crippen LogP contribution is 2.26. The quantitative estimate of drug-likeness (QED) is 0.0757. The second-order valence-electron chi connectivity index (χ2n) is 31.6. The van der Waals surface area contributed by atoms with Crippen LogP contribution in [0, 0.1) is 12.8 Å². The van der Waals surface area contributed by atoms with Crippen molar-refractivity contribution in [1.29, 1.82) is 0 Å². The SMILES string of the molecule is CC(C)Cc1ccc(C(C)C)cc1.CC(C)c1ccc(C(C)(C)C)cc1.CC(C)c1ccc(C(C)C)cc1.CCC(C)c1ccc(C(C)C)cc1.CCCCc1ccc(C(C)C)cc1.CCCc1ccc(C(C)C)cc1.CCc1ccc(C(C)C)cc1.Cc1ccc(C(C)C)cc1. The molecule has 0 aromatic heterocycles. The van der Waals surface area contributed by atoms with Gasteiger partial charge in [-0.25, -0.2) is 0 Å². The predicted octanol–water partition coefficient (Wildman–Crippen LogP) is 30.8. The van der Waals surface area contributed by atoms with Gasteiger partial charge in [-0.15, -0.1) is 0 Å². The minimum Gasteiger partial charge on any atom is -0.0654 e. The van der Waals surface area contributed by atoms with Crippen LogP contribution in [0.25, 0.3) is 0 Å². The molecule has 8 rings (SSSR count). The van der Waals surface area contributed by atoms with E-state index in [-0.39, 0.29) is 5.41 Å². The molecule has 1 atom stereocenters. The van der Waals surface area contributed by atoms with Crippen LogP contribution in [0.4, 0.5) is 0 Å². The Morgan fingerprint density at radius 1 is 0.258 bits per heavy atom. The van der Waals surface area contributed by atoms with Crippen molar-refractivity contribution >= 4 is 0 Å². The van der Waals surface area contributed by atoms with Gasteiger partial charge in [0.2, 0.25) is 0 Å². The normalized spacial score (nSPS) is 11.3. The molecule has 0 aliphatic rings. The van der Waals surface area contributed by atoms with Crippen molar-refractivity contribution in [2.75, 3.05) is 0 Å². The van der Waals surface area contributed by atoms with Gasteiger partial charge in [-0.05, 0) is 199 Å². The van der Waals surface area contributed by atoms with E-state index >= 15 is 0 Å². The Morgan fingerprint density at radius 2 is 0.495 bits per heavy atom. The van der Waals surface area contributed by atoms with E-state index in [1.54, 1.807) is 0 Å². The Morgan fingerprint density at radius 3 is 0.732 bits per heavy atom. The number of benzene rings is 8. The van der Waals surface area contributed by atoms with Gasteiger partial charge < -0.3 is 0 Å². The second kappa shape index (κ2) is 48.5. The lowest BCUT2D eigenvalue weighted by atomic mass is 9.86. The molecule has 97 heavy (non-hydrogen) atoms.